The largest absolute Gasteiger partial charge is 0.494 e. The molecule has 50 heavy (non-hydrogen) atoms. The van der Waals surface area contributed by atoms with Crippen molar-refractivity contribution in [2.24, 2.45) is 0 Å². The number of nitrogens with zero attached hydrogens (tertiary/aromatic N) is 10. The number of anilines is 6. The summed E-state index contributed by atoms with van der Waals surface area (Å²) in [5, 5.41) is 0.921. The lowest BCUT2D eigenvalue weighted by atomic mass is 9.99. The molecule has 0 bridgehead atoms. The molecular formula is C36H46IN11OS. The molecule has 5 aromatic rings. The predicted molar refractivity (Wildman–Crippen MR) is 216 cm³/mol. The van der Waals surface area contributed by atoms with Crippen LogP contribution in [0.25, 0.3) is 22.1 Å². The molecule has 1 N–H and O–H groups in total. The minimum Gasteiger partial charge on any atom is -0.494 e. The van der Waals surface area contributed by atoms with Gasteiger partial charge in [-0.3, -0.25) is 18.0 Å². The molecule has 2 aliphatic heterocycles. The number of nitrogens with one attached hydrogen (secondary N) is 1. The van der Waals surface area contributed by atoms with Gasteiger partial charge in [-0.1, -0.05) is 18.9 Å². The first-order valence-electron chi connectivity index (χ1n) is 17.3. The molecule has 3 aromatic heterocycles. The van der Waals surface area contributed by atoms with E-state index in [1.165, 1.54) is 50.3 Å². The first-order chi connectivity index (χ1) is 24.3. The third-order valence-corrected chi connectivity index (χ3v) is 12.0. The third-order valence-electron chi connectivity index (χ3n) is 10.2. The number of piperazine rings is 1. The molecule has 0 unspecified atom stereocenters. The lowest BCUT2D eigenvalue weighted by Crippen LogP contribution is -2.52. The number of H-pyrrole nitrogens is 1. The minimum absolute atomic E-state index is 0.568. The Morgan fingerprint density at radius 3 is 2.46 bits per heavy atom. The van der Waals surface area contributed by atoms with Crippen molar-refractivity contribution >= 4 is 91.4 Å². The second-order valence-corrected chi connectivity index (χ2v) is 14.9. The number of likely N-dealkylation sites (N-methyl/N-ethyl adjacent to an activating group) is 1. The summed E-state index contributed by atoms with van der Waals surface area (Å²) in [5.41, 5.74) is 7.85. The van der Waals surface area contributed by atoms with Crippen molar-refractivity contribution in [1.82, 2.24) is 34.7 Å². The highest BCUT2D eigenvalue weighted by Crippen LogP contribution is 2.45. The van der Waals surface area contributed by atoms with E-state index in [0.717, 1.165) is 70.2 Å². The maximum atomic E-state index is 6.08. The van der Waals surface area contributed by atoms with Gasteiger partial charge in [0.05, 0.1) is 57.9 Å². The van der Waals surface area contributed by atoms with Crippen molar-refractivity contribution in [3.63, 3.8) is 0 Å². The zero-order valence-corrected chi connectivity index (χ0v) is 32.7. The van der Waals surface area contributed by atoms with Crippen LogP contribution in [0.3, 0.4) is 0 Å². The average molecular weight is 808 g/mol. The third kappa shape index (κ3) is 6.62. The molecule has 2 aromatic carbocycles. The first kappa shape index (κ1) is 34.8. The maximum Gasteiger partial charge on any atom is 0.233 e. The van der Waals surface area contributed by atoms with Crippen molar-refractivity contribution in [2.75, 3.05) is 91.0 Å². The number of hydrogen-bond donors (Lipinski definition) is 1. The number of aromatic nitrogens is 5. The van der Waals surface area contributed by atoms with Crippen LogP contribution in [0, 0.1) is 0 Å². The molecule has 5 heterocycles. The second-order valence-electron chi connectivity index (χ2n) is 13.0. The van der Waals surface area contributed by atoms with Crippen molar-refractivity contribution in [3.8, 4) is 5.75 Å². The topological polar surface area (TPSA) is 96.0 Å². The lowest BCUT2D eigenvalue weighted by Gasteiger charge is -2.43. The smallest absolute Gasteiger partial charge is 0.233 e. The number of fused-ring (bicyclic) bond motifs is 2. The van der Waals surface area contributed by atoms with Crippen LogP contribution in [-0.2, 0) is 6.42 Å². The molecule has 2 saturated heterocycles. The molecule has 2 fully saturated rings. The van der Waals surface area contributed by atoms with Crippen molar-refractivity contribution < 1.29 is 4.74 Å². The Kier molecular flexibility index (Phi) is 10.4. The number of aryl methyl sites for hydroxylation is 1. The Labute approximate surface area is 312 Å². The molecule has 2 aliphatic rings. The molecule has 12 nitrogen and oxygen atoms in total. The van der Waals surface area contributed by atoms with Gasteiger partial charge >= 0.3 is 0 Å². The lowest BCUT2D eigenvalue weighted by molar-refractivity contribution is 0.0982. The van der Waals surface area contributed by atoms with Gasteiger partial charge in [0.2, 0.25) is 5.95 Å². The van der Waals surface area contributed by atoms with Crippen molar-refractivity contribution in [3.05, 3.63) is 54.5 Å². The van der Waals surface area contributed by atoms with Crippen LogP contribution in [0.15, 0.2) is 48.9 Å². The van der Waals surface area contributed by atoms with E-state index >= 15 is 0 Å². The van der Waals surface area contributed by atoms with E-state index in [4.69, 9.17) is 19.7 Å². The fraction of sp³-hybridized carbons (Fsp3) is 0.444. The van der Waals surface area contributed by atoms with Gasteiger partial charge in [-0.25, -0.2) is 0 Å². The van der Waals surface area contributed by atoms with E-state index in [2.05, 4.69) is 93.4 Å². The van der Waals surface area contributed by atoms with Crippen LogP contribution in [0.2, 0.25) is 0 Å². The number of piperidine rings is 1. The SMILES string of the molecule is CCc1cc(N(C)c2nc(N(I)c3ccc4nccnc4c3N(C)SC)c3cc[nH]c3n2)c(OC)cc1N1CCC(N2CCN(C)CC2)CC1. The van der Waals surface area contributed by atoms with Crippen LogP contribution in [-0.4, -0.2) is 115 Å². The van der Waals surface area contributed by atoms with Gasteiger partial charge in [0, 0.05) is 96.0 Å². The fourth-order valence-corrected chi connectivity index (χ4v) is 8.39. The van der Waals surface area contributed by atoms with Crippen LogP contribution < -0.4 is 22.0 Å². The van der Waals surface area contributed by atoms with Crippen LogP contribution >= 0.6 is 34.8 Å². The Morgan fingerprint density at radius 1 is 0.980 bits per heavy atom. The molecule has 7 rings (SSSR count). The summed E-state index contributed by atoms with van der Waals surface area (Å²) in [6, 6.07) is 11.3. The van der Waals surface area contributed by atoms with Crippen LogP contribution in [0.4, 0.5) is 34.5 Å². The normalized spacial score (nSPS) is 16.3. The number of halogens is 1. The summed E-state index contributed by atoms with van der Waals surface area (Å²) in [4.78, 5) is 32.6. The number of hydrogen-bond acceptors (Lipinski definition) is 12. The van der Waals surface area contributed by atoms with E-state index in [9.17, 15) is 0 Å². The van der Waals surface area contributed by atoms with Crippen molar-refractivity contribution in [1.29, 1.82) is 0 Å². The Morgan fingerprint density at radius 2 is 1.74 bits per heavy atom. The summed E-state index contributed by atoms with van der Waals surface area (Å²) in [6.45, 7) is 9.03. The van der Waals surface area contributed by atoms with Gasteiger partial charge in [-0.2, -0.15) is 9.97 Å². The number of ether oxygens (including phenoxy) is 1. The molecule has 0 saturated carbocycles. The average Bonchev–Trinajstić information content (AvgIpc) is 3.65. The van der Waals surface area contributed by atoms with Crippen LogP contribution in [0.1, 0.15) is 25.3 Å². The van der Waals surface area contributed by atoms with E-state index in [1.807, 2.05) is 37.3 Å². The summed E-state index contributed by atoms with van der Waals surface area (Å²) < 4.78 is 10.3. The van der Waals surface area contributed by atoms with E-state index < -0.39 is 0 Å². The zero-order valence-electron chi connectivity index (χ0n) is 29.7. The Hall–Kier alpha value is -3.60. The molecule has 0 amide bonds. The van der Waals surface area contributed by atoms with E-state index in [-0.39, 0.29) is 0 Å². The van der Waals surface area contributed by atoms with Gasteiger partial charge in [0.15, 0.2) is 5.82 Å². The Balaban J connectivity index is 1.21. The predicted octanol–water partition coefficient (Wildman–Crippen LogP) is 6.66. The number of methoxy groups -OCH3 is 1. The molecule has 264 valence electrons. The first-order valence-corrected chi connectivity index (χ1v) is 19.4. The summed E-state index contributed by atoms with van der Waals surface area (Å²) >= 11 is 3.97. The minimum atomic E-state index is 0.568. The molecular weight excluding hydrogens is 761 g/mol. The molecule has 0 aliphatic carbocycles. The molecule has 14 heteroatoms. The van der Waals surface area contributed by atoms with E-state index in [1.54, 1.807) is 31.5 Å². The highest BCUT2D eigenvalue weighted by atomic mass is 127. The van der Waals surface area contributed by atoms with Gasteiger partial charge in [0.25, 0.3) is 0 Å². The molecule has 0 radical (unpaired) electrons. The number of aromatic amines is 1. The van der Waals surface area contributed by atoms with Gasteiger partial charge in [-0.15, -0.1) is 0 Å². The quantitative estimate of drug-likeness (QED) is 0.0930. The summed E-state index contributed by atoms with van der Waals surface area (Å²) in [6.07, 6.45) is 10.7. The highest BCUT2D eigenvalue weighted by Gasteiger charge is 2.29. The second kappa shape index (κ2) is 14.9. The molecule has 0 spiro atoms. The monoisotopic (exact) mass is 807 g/mol. The van der Waals surface area contributed by atoms with Crippen LogP contribution in [0.5, 0.6) is 5.75 Å². The molecule has 0 atom stereocenters. The zero-order chi connectivity index (χ0) is 34.9. The van der Waals surface area contributed by atoms with E-state index in [0.29, 0.717) is 12.0 Å². The van der Waals surface area contributed by atoms with Crippen molar-refractivity contribution in [2.45, 2.75) is 32.2 Å². The number of benzene rings is 2. The highest BCUT2D eigenvalue weighted by molar-refractivity contribution is 14.1. The van der Waals surface area contributed by atoms with Gasteiger partial charge in [0.1, 0.15) is 16.9 Å². The summed E-state index contributed by atoms with van der Waals surface area (Å²) in [5.74, 6) is 2.14. The number of rotatable bonds is 10. The standard InChI is InChI=1S/C36H46IN11OS/c1-7-24-22-30(31(49-5)23-29(24)47-16-11-25(12-17-47)46-20-18-43(2)19-21-46)44(3)36-41-34-26(10-13-40-34)35(42-36)48(37)28-9-8-27-32(39-15-14-38-27)33(28)45(4)50-6/h8-10,13-15,22-23,25H,7,11-12,16-21H2,1-6H3,(H,40,41,42). The van der Waals surface area contributed by atoms with Gasteiger partial charge in [-0.05, 0) is 56.1 Å². The fourth-order valence-electron chi connectivity index (χ4n) is 7.27. The Bertz CT molecular complexity index is 1960. The maximum absolute atomic E-state index is 6.08. The van der Waals surface area contributed by atoms with Gasteiger partial charge < -0.3 is 28.7 Å². The summed E-state index contributed by atoms with van der Waals surface area (Å²) in [7, 11) is 8.04.